The van der Waals surface area contributed by atoms with E-state index in [-0.39, 0.29) is 6.10 Å². The van der Waals surface area contributed by atoms with Crippen LogP contribution in [0.4, 0.5) is 0 Å². The highest BCUT2D eigenvalue weighted by molar-refractivity contribution is 5.13. The second kappa shape index (κ2) is 2.01. The summed E-state index contributed by atoms with van der Waals surface area (Å²) in [5.41, 5.74) is 0.554. The van der Waals surface area contributed by atoms with Gasteiger partial charge in [0.15, 0.2) is 0 Å². The summed E-state index contributed by atoms with van der Waals surface area (Å²) in [6.45, 7) is 6.79. The quantitative estimate of drug-likeness (QED) is 0.613. The molecule has 0 saturated heterocycles. The maximum Gasteiger partial charge on any atom is 0.0574 e. The summed E-state index contributed by atoms with van der Waals surface area (Å²) < 4.78 is 0. The smallest absolute Gasteiger partial charge is 0.0574 e. The van der Waals surface area contributed by atoms with Crippen molar-refractivity contribution >= 4 is 0 Å². The van der Waals surface area contributed by atoms with Gasteiger partial charge in [0, 0.05) is 0 Å². The number of aliphatic hydroxyl groups is 1. The van der Waals surface area contributed by atoms with Gasteiger partial charge in [-0.25, -0.2) is 0 Å². The van der Waals surface area contributed by atoms with Crippen LogP contribution in [0.5, 0.6) is 0 Å². The van der Waals surface area contributed by atoms with Crippen LogP contribution < -0.4 is 0 Å². The predicted octanol–water partition coefficient (Wildman–Crippen LogP) is 2.05. The molecule has 0 aromatic rings. The normalized spacial score (nSPS) is 54.8. The first-order chi connectivity index (χ1) is 5.08. The van der Waals surface area contributed by atoms with Crippen LogP contribution >= 0.6 is 0 Å². The van der Waals surface area contributed by atoms with Gasteiger partial charge in [0.2, 0.25) is 0 Å². The van der Waals surface area contributed by atoms with E-state index in [4.69, 9.17) is 0 Å². The Kier molecular flexibility index (Phi) is 1.39. The zero-order valence-electron chi connectivity index (χ0n) is 7.67. The van der Waals surface area contributed by atoms with Gasteiger partial charge in [-0.15, -0.1) is 0 Å². The molecule has 2 fully saturated rings. The van der Waals surface area contributed by atoms with E-state index in [9.17, 15) is 5.11 Å². The molecule has 0 spiro atoms. The van der Waals surface area contributed by atoms with Crippen molar-refractivity contribution in [2.24, 2.45) is 23.2 Å². The molecule has 0 aliphatic heterocycles. The minimum Gasteiger partial charge on any atom is -0.393 e. The van der Waals surface area contributed by atoms with Crippen molar-refractivity contribution in [2.45, 2.75) is 39.7 Å². The van der Waals surface area contributed by atoms with Gasteiger partial charge in [-0.3, -0.25) is 0 Å². The Bertz CT molecular complexity index is 176. The molecule has 11 heavy (non-hydrogen) atoms. The second-order valence-electron chi connectivity index (χ2n) is 4.83. The standard InChI is InChI=1S/C10H18O/c1-6(2)10-4-8(10)7(3)9(11)5-10/h6-9,11H,4-5H2,1-3H3. The highest BCUT2D eigenvalue weighted by atomic mass is 16.3. The van der Waals surface area contributed by atoms with Crippen LogP contribution in [0.1, 0.15) is 33.6 Å². The van der Waals surface area contributed by atoms with E-state index in [0.29, 0.717) is 11.3 Å². The van der Waals surface area contributed by atoms with Crippen molar-refractivity contribution in [3.63, 3.8) is 0 Å². The molecule has 2 rings (SSSR count). The first kappa shape index (κ1) is 7.60. The molecule has 0 radical (unpaired) electrons. The van der Waals surface area contributed by atoms with E-state index in [0.717, 1.165) is 18.3 Å². The second-order valence-corrected chi connectivity index (χ2v) is 4.83. The molecule has 0 amide bonds. The van der Waals surface area contributed by atoms with Gasteiger partial charge in [0.1, 0.15) is 0 Å². The zero-order chi connectivity index (χ0) is 8.22. The number of hydrogen-bond donors (Lipinski definition) is 1. The fourth-order valence-electron chi connectivity index (χ4n) is 3.04. The molecule has 4 unspecified atom stereocenters. The largest absolute Gasteiger partial charge is 0.393 e. The first-order valence-electron chi connectivity index (χ1n) is 4.76. The molecule has 0 aromatic carbocycles. The van der Waals surface area contributed by atoms with Crippen molar-refractivity contribution in [1.82, 2.24) is 0 Å². The Labute approximate surface area is 68.8 Å². The minimum absolute atomic E-state index is 0.00356. The van der Waals surface area contributed by atoms with Crippen LogP contribution in [0, 0.1) is 23.2 Å². The zero-order valence-corrected chi connectivity index (χ0v) is 7.67. The summed E-state index contributed by atoms with van der Waals surface area (Å²) in [6, 6.07) is 0. The SMILES string of the molecule is CC1C(O)CC2(C(C)C)CC12. The Hall–Kier alpha value is -0.0400. The van der Waals surface area contributed by atoms with Gasteiger partial charge < -0.3 is 5.11 Å². The van der Waals surface area contributed by atoms with E-state index in [1.54, 1.807) is 0 Å². The molecule has 2 aliphatic carbocycles. The Morgan fingerprint density at radius 2 is 2.00 bits per heavy atom. The van der Waals surface area contributed by atoms with Crippen LogP contribution in [-0.4, -0.2) is 11.2 Å². The molecular weight excluding hydrogens is 136 g/mol. The lowest BCUT2D eigenvalue weighted by Gasteiger charge is -2.17. The maximum absolute atomic E-state index is 9.61. The maximum atomic E-state index is 9.61. The molecule has 1 N–H and O–H groups in total. The fourth-order valence-corrected chi connectivity index (χ4v) is 3.04. The third kappa shape index (κ3) is 0.807. The third-order valence-corrected chi connectivity index (χ3v) is 4.16. The van der Waals surface area contributed by atoms with Gasteiger partial charge in [-0.2, -0.15) is 0 Å². The topological polar surface area (TPSA) is 20.2 Å². The molecule has 1 nitrogen and oxygen atoms in total. The van der Waals surface area contributed by atoms with Crippen LogP contribution in [-0.2, 0) is 0 Å². The summed E-state index contributed by atoms with van der Waals surface area (Å²) in [6.07, 6.45) is 2.44. The summed E-state index contributed by atoms with van der Waals surface area (Å²) in [7, 11) is 0. The van der Waals surface area contributed by atoms with E-state index in [1.165, 1.54) is 6.42 Å². The van der Waals surface area contributed by atoms with Gasteiger partial charge in [-0.1, -0.05) is 20.8 Å². The number of hydrogen-bond acceptors (Lipinski definition) is 1. The van der Waals surface area contributed by atoms with Crippen molar-refractivity contribution in [1.29, 1.82) is 0 Å². The minimum atomic E-state index is -0.00356. The van der Waals surface area contributed by atoms with E-state index < -0.39 is 0 Å². The summed E-state index contributed by atoms with van der Waals surface area (Å²) >= 11 is 0. The molecule has 0 heterocycles. The Morgan fingerprint density at radius 1 is 1.36 bits per heavy atom. The van der Waals surface area contributed by atoms with E-state index in [1.807, 2.05) is 0 Å². The third-order valence-electron chi connectivity index (χ3n) is 4.16. The number of aliphatic hydroxyl groups excluding tert-OH is 1. The number of fused-ring (bicyclic) bond motifs is 1. The molecule has 2 saturated carbocycles. The highest BCUT2D eigenvalue weighted by Gasteiger charge is 2.64. The molecule has 0 bridgehead atoms. The summed E-state index contributed by atoms with van der Waals surface area (Å²) in [4.78, 5) is 0. The fraction of sp³-hybridized carbons (Fsp3) is 1.00. The average molecular weight is 154 g/mol. The summed E-state index contributed by atoms with van der Waals surface area (Å²) in [5.74, 6) is 2.18. The molecule has 2 aliphatic rings. The monoisotopic (exact) mass is 154 g/mol. The highest BCUT2D eigenvalue weighted by Crippen LogP contribution is 2.69. The van der Waals surface area contributed by atoms with Crippen LogP contribution in [0.25, 0.3) is 0 Å². The van der Waals surface area contributed by atoms with Crippen LogP contribution in [0.3, 0.4) is 0 Å². The average Bonchev–Trinajstić information content (AvgIpc) is 2.57. The Morgan fingerprint density at radius 3 is 2.27 bits per heavy atom. The lowest BCUT2D eigenvalue weighted by atomic mass is 9.89. The summed E-state index contributed by atoms with van der Waals surface area (Å²) in [5, 5.41) is 9.61. The molecule has 0 aromatic heterocycles. The Balaban J connectivity index is 2.13. The molecule has 1 heteroatoms. The lowest BCUT2D eigenvalue weighted by Crippen LogP contribution is -2.15. The lowest BCUT2D eigenvalue weighted by molar-refractivity contribution is 0.113. The molecule has 4 atom stereocenters. The molecular formula is C10H18O. The van der Waals surface area contributed by atoms with Gasteiger partial charge >= 0.3 is 0 Å². The van der Waals surface area contributed by atoms with E-state index in [2.05, 4.69) is 20.8 Å². The predicted molar refractivity (Wildman–Crippen MR) is 45.2 cm³/mol. The number of rotatable bonds is 1. The van der Waals surface area contributed by atoms with Crippen molar-refractivity contribution in [3.8, 4) is 0 Å². The van der Waals surface area contributed by atoms with Crippen molar-refractivity contribution < 1.29 is 5.11 Å². The van der Waals surface area contributed by atoms with Gasteiger partial charge in [-0.05, 0) is 36.0 Å². The van der Waals surface area contributed by atoms with Crippen molar-refractivity contribution in [2.75, 3.05) is 0 Å². The van der Waals surface area contributed by atoms with Crippen molar-refractivity contribution in [3.05, 3.63) is 0 Å². The van der Waals surface area contributed by atoms with Gasteiger partial charge in [0.25, 0.3) is 0 Å². The van der Waals surface area contributed by atoms with Crippen LogP contribution in [0.15, 0.2) is 0 Å². The van der Waals surface area contributed by atoms with Crippen LogP contribution in [0.2, 0.25) is 0 Å². The van der Waals surface area contributed by atoms with E-state index >= 15 is 0 Å². The first-order valence-corrected chi connectivity index (χ1v) is 4.76. The molecule has 64 valence electrons. The van der Waals surface area contributed by atoms with Gasteiger partial charge in [0.05, 0.1) is 6.10 Å².